The summed E-state index contributed by atoms with van der Waals surface area (Å²) in [7, 11) is 0. The minimum atomic E-state index is -0.182. The van der Waals surface area contributed by atoms with Crippen LogP contribution in [0.3, 0.4) is 0 Å². The Balaban J connectivity index is 1.48. The van der Waals surface area contributed by atoms with E-state index in [2.05, 4.69) is 17.5 Å². The summed E-state index contributed by atoms with van der Waals surface area (Å²) in [6, 6.07) is 14.8. The fourth-order valence-corrected chi connectivity index (χ4v) is 5.67. The standard InChI is InChI=1S/C22H21FN2OS/c23-18-5-3-15(4-6-18)11-24-12-16-10-17(14-24)22-19(20-2-1-9-27-20)7-8-21(26)25(22)13-16/h1-9,16-17H,10-14H2/p+1/t16-,17+/m0/s1. The monoisotopic (exact) mass is 381 g/mol. The maximum absolute atomic E-state index is 13.2. The molecule has 2 aliphatic heterocycles. The highest BCUT2D eigenvalue weighted by Crippen LogP contribution is 2.38. The summed E-state index contributed by atoms with van der Waals surface area (Å²) >= 11 is 1.73. The van der Waals surface area contributed by atoms with Crippen molar-refractivity contribution < 1.29 is 9.29 Å². The maximum Gasteiger partial charge on any atom is 0.250 e. The number of pyridine rings is 1. The van der Waals surface area contributed by atoms with Crippen LogP contribution in [0.4, 0.5) is 4.39 Å². The lowest BCUT2D eigenvalue weighted by atomic mass is 9.81. The predicted molar refractivity (Wildman–Crippen MR) is 106 cm³/mol. The molecule has 27 heavy (non-hydrogen) atoms. The largest absolute Gasteiger partial charge is 0.330 e. The van der Waals surface area contributed by atoms with Gasteiger partial charge < -0.3 is 9.47 Å². The van der Waals surface area contributed by atoms with Crippen LogP contribution in [-0.2, 0) is 13.1 Å². The van der Waals surface area contributed by atoms with Gasteiger partial charge in [-0.3, -0.25) is 4.79 Å². The summed E-state index contributed by atoms with van der Waals surface area (Å²) in [6.07, 6.45) is 1.16. The Morgan fingerprint density at radius 2 is 1.96 bits per heavy atom. The Labute approximate surface area is 161 Å². The lowest BCUT2D eigenvalue weighted by molar-refractivity contribution is -0.924. The highest BCUT2D eigenvalue weighted by molar-refractivity contribution is 7.13. The average molecular weight is 381 g/mol. The molecule has 1 unspecified atom stereocenters. The van der Waals surface area contributed by atoms with E-state index in [1.807, 2.05) is 22.8 Å². The van der Waals surface area contributed by atoms with Crippen LogP contribution in [0.5, 0.6) is 0 Å². The predicted octanol–water partition coefficient (Wildman–Crippen LogP) is 2.92. The van der Waals surface area contributed by atoms with Crippen LogP contribution >= 0.6 is 11.3 Å². The Morgan fingerprint density at radius 3 is 2.74 bits per heavy atom. The number of aromatic nitrogens is 1. The minimum Gasteiger partial charge on any atom is -0.330 e. The molecule has 2 aliphatic rings. The third-order valence-electron chi connectivity index (χ3n) is 5.94. The third-order valence-corrected chi connectivity index (χ3v) is 6.84. The molecule has 3 aromatic rings. The summed E-state index contributed by atoms with van der Waals surface area (Å²) in [5.41, 5.74) is 3.74. The number of piperidine rings is 1. The molecule has 3 nitrogen and oxygen atoms in total. The molecule has 0 saturated carbocycles. The number of nitrogens with zero attached hydrogens (tertiary/aromatic N) is 1. The van der Waals surface area contributed by atoms with Crippen LogP contribution in [0.2, 0.25) is 0 Å². The van der Waals surface area contributed by atoms with Crippen molar-refractivity contribution in [1.29, 1.82) is 0 Å². The quantitative estimate of drug-likeness (QED) is 0.742. The van der Waals surface area contributed by atoms with Crippen LogP contribution in [0.25, 0.3) is 10.4 Å². The zero-order valence-electron chi connectivity index (χ0n) is 15.0. The normalized spacial score (nSPS) is 23.8. The lowest BCUT2D eigenvalue weighted by Gasteiger charge is -2.41. The van der Waals surface area contributed by atoms with Crippen molar-refractivity contribution in [3.05, 3.63) is 81.3 Å². The fraction of sp³-hybridized carbons (Fsp3) is 0.318. The highest BCUT2D eigenvalue weighted by Gasteiger charge is 2.38. The van der Waals surface area contributed by atoms with Gasteiger partial charge in [0, 0.05) is 46.1 Å². The number of thiophene rings is 1. The molecule has 1 saturated heterocycles. The molecule has 0 radical (unpaired) electrons. The number of nitrogens with one attached hydrogen (secondary N) is 1. The second kappa shape index (κ2) is 6.73. The first kappa shape index (κ1) is 16.9. The molecule has 2 bridgehead atoms. The average Bonchev–Trinajstić information content (AvgIpc) is 3.19. The molecular weight excluding hydrogens is 359 g/mol. The van der Waals surface area contributed by atoms with Crippen molar-refractivity contribution in [3.63, 3.8) is 0 Å². The van der Waals surface area contributed by atoms with Gasteiger partial charge >= 0.3 is 0 Å². The van der Waals surface area contributed by atoms with Crippen molar-refractivity contribution in [3.8, 4) is 10.4 Å². The van der Waals surface area contributed by atoms with Gasteiger partial charge in [0.25, 0.3) is 5.56 Å². The summed E-state index contributed by atoms with van der Waals surface area (Å²) < 4.78 is 15.2. The first-order valence-corrected chi connectivity index (χ1v) is 10.4. The number of hydrogen-bond donors (Lipinski definition) is 1. The number of rotatable bonds is 3. The molecule has 4 heterocycles. The van der Waals surface area contributed by atoms with Crippen molar-refractivity contribution in [2.24, 2.45) is 5.92 Å². The Bertz CT molecular complexity index is 1010. The van der Waals surface area contributed by atoms with E-state index in [0.717, 1.165) is 32.6 Å². The molecule has 3 atom stereocenters. The highest BCUT2D eigenvalue weighted by atomic mass is 32.1. The molecule has 5 heteroatoms. The molecule has 0 aliphatic carbocycles. The summed E-state index contributed by atoms with van der Waals surface area (Å²) in [5.74, 6) is 0.750. The van der Waals surface area contributed by atoms with E-state index in [1.165, 1.54) is 26.6 Å². The summed E-state index contributed by atoms with van der Waals surface area (Å²) in [6.45, 7) is 3.83. The topological polar surface area (TPSA) is 26.4 Å². The zero-order valence-corrected chi connectivity index (χ0v) is 15.8. The van der Waals surface area contributed by atoms with Gasteiger partial charge in [-0.25, -0.2) is 4.39 Å². The fourth-order valence-electron chi connectivity index (χ4n) is 4.91. The smallest absolute Gasteiger partial charge is 0.250 e. The van der Waals surface area contributed by atoms with E-state index >= 15 is 0 Å². The lowest BCUT2D eigenvalue weighted by Crippen LogP contribution is -3.13. The number of quaternary nitrogens is 1. The van der Waals surface area contributed by atoms with E-state index in [4.69, 9.17) is 0 Å². The van der Waals surface area contributed by atoms with Crippen molar-refractivity contribution in [2.45, 2.75) is 25.4 Å². The van der Waals surface area contributed by atoms with Gasteiger partial charge in [0.05, 0.1) is 13.1 Å². The molecule has 0 amide bonds. The van der Waals surface area contributed by atoms with E-state index in [0.29, 0.717) is 11.8 Å². The van der Waals surface area contributed by atoms with Crippen LogP contribution in [-0.4, -0.2) is 17.7 Å². The third kappa shape index (κ3) is 3.15. The van der Waals surface area contributed by atoms with Gasteiger partial charge in [-0.05, 0) is 36.1 Å². The van der Waals surface area contributed by atoms with Crippen LogP contribution in [0.15, 0.2) is 58.7 Å². The van der Waals surface area contributed by atoms with Crippen LogP contribution in [0, 0.1) is 11.7 Å². The zero-order chi connectivity index (χ0) is 18.4. The van der Waals surface area contributed by atoms with Gasteiger partial charge in [0.15, 0.2) is 0 Å². The minimum absolute atomic E-state index is 0.127. The maximum atomic E-state index is 13.2. The molecule has 1 fully saturated rings. The summed E-state index contributed by atoms with van der Waals surface area (Å²) in [4.78, 5) is 15.3. The Hall–Kier alpha value is -2.24. The number of hydrogen-bond acceptors (Lipinski definition) is 2. The summed E-state index contributed by atoms with van der Waals surface area (Å²) in [5, 5.41) is 2.09. The number of benzene rings is 1. The van der Waals surface area contributed by atoms with Gasteiger partial charge in [0.2, 0.25) is 0 Å². The molecule has 138 valence electrons. The van der Waals surface area contributed by atoms with E-state index in [-0.39, 0.29) is 11.4 Å². The number of halogens is 1. The number of fused-ring (bicyclic) bond motifs is 4. The van der Waals surface area contributed by atoms with Gasteiger partial charge in [-0.2, -0.15) is 0 Å². The van der Waals surface area contributed by atoms with Crippen LogP contribution < -0.4 is 10.5 Å². The van der Waals surface area contributed by atoms with E-state index in [1.54, 1.807) is 29.5 Å². The second-order valence-electron chi connectivity index (χ2n) is 7.82. The first-order valence-electron chi connectivity index (χ1n) is 9.53. The Morgan fingerprint density at radius 1 is 1.11 bits per heavy atom. The molecular formula is C22H22FN2OS+. The van der Waals surface area contributed by atoms with Crippen molar-refractivity contribution >= 4 is 11.3 Å². The Kier molecular flexibility index (Phi) is 4.21. The first-order chi connectivity index (χ1) is 13.2. The van der Waals surface area contributed by atoms with Gasteiger partial charge in [-0.15, -0.1) is 11.3 Å². The van der Waals surface area contributed by atoms with Crippen molar-refractivity contribution in [2.75, 3.05) is 13.1 Å². The van der Waals surface area contributed by atoms with Crippen molar-refractivity contribution in [1.82, 2.24) is 4.57 Å². The van der Waals surface area contributed by atoms with E-state index < -0.39 is 0 Å². The second-order valence-corrected chi connectivity index (χ2v) is 8.77. The molecule has 2 aromatic heterocycles. The molecule has 1 N–H and O–H groups in total. The molecule has 0 spiro atoms. The number of likely N-dealkylation sites (tertiary alicyclic amines) is 1. The SMILES string of the molecule is O=c1ccc(-c2cccs2)c2n1C[C@H]1C[C@@H]2C[NH+](Cc2ccc(F)cc2)C1. The van der Waals surface area contributed by atoms with Gasteiger partial charge in [0.1, 0.15) is 12.4 Å². The van der Waals surface area contributed by atoms with Gasteiger partial charge in [-0.1, -0.05) is 18.2 Å². The van der Waals surface area contributed by atoms with E-state index in [9.17, 15) is 9.18 Å². The molecule has 1 aromatic carbocycles. The molecule has 5 rings (SSSR count). The van der Waals surface area contributed by atoms with Crippen LogP contribution in [0.1, 0.15) is 23.6 Å².